The van der Waals surface area contributed by atoms with E-state index in [4.69, 9.17) is 0 Å². The molecule has 7 heteroatoms. The Kier molecular flexibility index (Phi) is 3.96. The Bertz CT molecular complexity index is 1000. The average Bonchev–Trinajstić information content (AvgIpc) is 3.04. The predicted molar refractivity (Wildman–Crippen MR) is 100 cm³/mol. The number of aromatic nitrogens is 2. The van der Waals surface area contributed by atoms with Gasteiger partial charge in [0, 0.05) is 12.8 Å². The van der Waals surface area contributed by atoms with Crippen molar-refractivity contribution in [1.82, 2.24) is 9.97 Å². The molecule has 0 aliphatic carbocycles. The van der Waals surface area contributed by atoms with Gasteiger partial charge in [-0.2, -0.15) is 5.10 Å². The van der Waals surface area contributed by atoms with Crippen LogP contribution < -0.4 is 10.3 Å². The smallest absolute Gasteiger partial charge is 0.274 e. The number of hydrazone groups is 1. The summed E-state index contributed by atoms with van der Waals surface area (Å²) < 4.78 is 0. The molecule has 26 heavy (non-hydrogen) atoms. The highest BCUT2D eigenvalue weighted by Crippen LogP contribution is 2.22. The highest BCUT2D eigenvalue weighted by atomic mass is 16.2. The molecule has 2 amide bonds. The van der Waals surface area contributed by atoms with Gasteiger partial charge in [0.2, 0.25) is 11.9 Å². The van der Waals surface area contributed by atoms with Crippen LogP contribution in [0, 0.1) is 6.92 Å². The van der Waals surface area contributed by atoms with Crippen LogP contribution in [0.5, 0.6) is 0 Å². The highest BCUT2D eigenvalue weighted by Gasteiger charge is 2.26. The molecule has 130 valence electrons. The van der Waals surface area contributed by atoms with Crippen LogP contribution in [0.25, 0.3) is 11.0 Å². The van der Waals surface area contributed by atoms with Crippen molar-refractivity contribution in [2.45, 2.75) is 19.8 Å². The van der Waals surface area contributed by atoms with Crippen LogP contribution in [-0.2, 0) is 9.59 Å². The zero-order valence-corrected chi connectivity index (χ0v) is 14.2. The maximum atomic E-state index is 12.6. The number of amides is 2. The van der Waals surface area contributed by atoms with Gasteiger partial charge in [-0.15, -0.1) is 0 Å². The van der Waals surface area contributed by atoms with Crippen LogP contribution in [0.3, 0.4) is 0 Å². The van der Waals surface area contributed by atoms with Crippen molar-refractivity contribution in [3.63, 3.8) is 0 Å². The minimum atomic E-state index is -0.366. The van der Waals surface area contributed by atoms with E-state index in [2.05, 4.69) is 20.4 Å². The molecule has 0 spiro atoms. The van der Waals surface area contributed by atoms with Gasteiger partial charge in [0.05, 0.1) is 16.7 Å². The van der Waals surface area contributed by atoms with E-state index >= 15 is 0 Å². The number of fused-ring (bicyclic) bond motifs is 1. The third-order valence-corrected chi connectivity index (χ3v) is 4.16. The van der Waals surface area contributed by atoms with E-state index < -0.39 is 0 Å². The number of carbonyl (C=O) groups is 2. The van der Waals surface area contributed by atoms with E-state index in [1.54, 1.807) is 6.07 Å². The van der Waals surface area contributed by atoms with Crippen LogP contribution in [0.1, 0.15) is 18.4 Å². The summed E-state index contributed by atoms with van der Waals surface area (Å²) >= 11 is 0. The normalized spacial score (nSPS) is 14.4. The number of hydrogen-bond donors (Lipinski definition) is 2. The van der Waals surface area contributed by atoms with Crippen molar-refractivity contribution >= 4 is 40.2 Å². The van der Waals surface area contributed by atoms with Crippen molar-refractivity contribution in [3.05, 3.63) is 54.1 Å². The number of imidazole rings is 1. The number of nitrogens with one attached hydrogen (secondary N) is 2. The van der Waals surface area contributed by atoms with E-state index in [1.165, 1.54) is 5.01 Å². The molecule has 0 fully saturated rings. The van der Waals surface area contributed by atoms with E-state index in [0.29, 0.717) is 23.8 Å². The minimum Gasteiger partial charge on any atom is -0.324 e. The van der Waals surface area contributed by atoms with Crippen molar-refractivity contribution in [2.24, 2.45) is 5.10 Å². The topological polar surface area (TPSA) is 90.4 Å². The Hall–Kier alpha value is -3.48. The Labute approximate surface area is 149 Å². The molecule has 1 aromatic heterocycles. The SMILES string of the molecule is Cc1cccc(N2N=C(C(=O)Nc3nc4ccccc4[nH]3)CCC2=O)c1. The molecule has 7 nitrogen and oxygen atoms in total. The van der Waals surface area contributed by atoms with Crippen LogP contribution in [0.2, 0.25) is 0 Å². The third-order valence-electron chi connectivity index (χ3n) is 4.16. The zero-order chi connectivity index (χ0) is 18.1. The lowest BCUT2D eigenvalue weighted by atomic mass is 10.1. The van der Waals surface area contributed by atoms with Gasteiger partial charge >= 0.3 is 0 Å². The monoisotopic (exact) mass is 347 g/mol. The predicted octanol–water partition coefficient (Wildman–Crippen LogP) is 2.99. The van der Waals surface area contributed by atoms with Gasteiger partial charge in [0.25, 0.3) is 5.91 Å². The molecule has 1 aliphatic rings. The maximum absolute atomic E-state index is 12.6. The highest BCUT2D eigenvalue weighted by molar-refractivity contribution is 6.44. The number of H-pyrrole nitrogens is 1. The summed E-state index contributed by atoms with van der Waals surface area (Å²) in [4.78, 5) is 32.1. The number of carbonyl (C=O) groups excluding carboxylic acids is 2. The fraction of sp³-hybridized carbons (Fsp3) is 0.158. The van der Waals surface area contributed by atoms with E-state index in [0.717, 1.165) is 16.6 Å². The summed E-state index contributed by atoms with van der Waals surface area (Å²) in [5.74, 6) is -0.136. The molecule has 3 aromatic rings. The van der Waals surface area contributed by atoms with Gasteiger partial charge in [-0.05, 0) is 36.8 Å². The van der Waals surface area contributed by atoms with E-state index in [1.807, 2.05) is 49.4 Å². The molecule has 0 atom stereocenters. The van der Waals surface area contributed by atoms with Gasteiger partial charge in [-0.25, -0.2) is 9.99 Å². The molecular weight excluding hydrogens is 330 g/mol. The molecule has 0 bridgehead atoms. The van der Waals surface area contributed by atoms with Gasteiger partial charge in [0.15, 0.2) is 0 Å². The molecule has 0 unspecified atom stereocenters. The Morgan fingerprint density at radius 2 is 2.00 bits per heavy atom. The lowest BCUT2D eigenvalue weighted by Crippen LogP contribution is -2.36. The van der Waals surface area contributed by atoms with E-state index in [9.17, 15) is 9.59 Å². The van der Waals surface area contributed by atoms with Gasteiger partial charge in [-0.3, -0.25) is 14.9 Å². The largest absolute Gasteiger partial charge is 0.324 e. The molecule has 0 saturated heterocycles. The number of aromatic amines is 1. The Balaban J connectivity index is 1.58. The summed E-state index contributed by atoms with van der Waals surface area (Å²) in [7, 11) is 0. The van der Waals surface area contributed by atoms with Gasteiger partial charge in [-0.1, -0.05) is 24.3 Å². The molecular formula is C19H17N5O2. The zero-order valence-electron chi connectivity index (χ0n) is 14.2. The lowest BCUT2D eigenvalue weighted by molar-refractivity contribution is -0.118. The number of hydrogen-bond acceptors (Lipinski definition) is 4. The summed E-state index contributed by atoms with van der Waals surface area (Å²) in [5.41, 5.74) is 3.58. The Morgan fingerprint density at radius 3 is 2.81 bits per heavy atom. The van der Waals surface area contributed by atoms with Crippen LogP contribution in [-0.4, -0.2) is 27.5 Å². The van der Waals surface area contributed by atoms with E-state index in [-0.39, 0.29) is 18.2 Å². The van der Waals surface area contributed by atoms with Crippen molar-refractivity contribution < 1.29 is 9.59 Å². The molecule has 0 saturated carbocycles. The average molecular weight is 347 g/mol. The van der Waals surface area contributed by atoms with Gasteiger partial charge in [0.1, 0.15) is 5.71 Å². The lowest BCUT2D eigenvalue weighted by Gasteiger charge is -2.23. The molecule has 2 heterocycles. The second kappa shape index (κ2) is 6.44. The number of aryl methyl sites for hydroxylation is 1. The van der Waals surface area contributed by atoms with Gasteiger partial charge < -0.3 is 4.98 Å². The second-order valence-electron chi connectivity index (χ2n) is 6.15. The minimum absolute atomic E-state index is 0.129. The second-order valence-corrected chi connectivity index (χ2v) is 6.15. The quantitative estimate of drug-likeness (QED) is 0.763. The number of nitrogens with zero attached hydrogens (tertiary/aromatic N) is 3. The fourth-order valence-corrected chi connectivity index (χ4v) is 2.87. The number of para-hydroxylation sites is 2. The van der Waals surface area contributed by atoms with Crippen LogP contribution in [0.15, 0.2) is 53.6 Å². The first-order chi connectivity index (χ1) is 12.6. The summed E-state index contributed by atoms with van der Waals surface area (Å²) in [6.45, 7) is 1.94. The molecule has 2 aromatic carbocycles. The summed E-state index contributed by atoms with van der Waals surface area (Å²) in [5, 5.41) is 8.29. The first-order valence-electron chi connectivity index (χ1n) is 8.33. The number of rotatable bonds is 3. The molecule has 2 N–H and O–H groups in total. The fourth-order valence-electron chi connectivity index (χ4n) is 2.87. The maximum Gasteiger partial charge on any atom is 0.274 e. The van der Waals surface area contributed by atoms with Crippen LogP contribution in [0.4, 0.5) is 11.6 Å². The number of benzene rings is 2. The standard InChI is InChI=1S/C19H17N5O2/c1-12-5-4-6-13(11-12)24-17(25)10-9-16(23-24)18(26)22-19-20-14-7-2-3-8-15(14)21-19/h2-8,11H,9-10H2,1H3,(H2,20,21,22,26). The van der Waals surface area contributed by atoms with Crippen molar-refractivity contribution in [3.8, 4) is 0 Å². The summed E-state index contributed by atoms with van der Waals surface area (Å²) in [6.07, 6.45) is 0.535. The molecule has 1 aliphatic heterocycles. The Morgan fingerprint density at radius 1 is 1.15 bits per heavy atom. The molecule has 0 radical (unpaired) electrons. The first kappa shape index (κ1) is 16.0. The summed E-state index contributed by atoms with van der Waals surface area (Å²) in [6, 6.07) is 15.0. The third kappa shape index (κ3) is 3.06. The first-order valence-corrected chi connectivity index (χ1v) is 8.33. The van der Waals surface area contributed by atoms with Crippen molar-refractivity contribution in [2.75, 3.05) is 10.3 Å². The molecule has 4 rings (SSSR count). The van der Waals surface area contributed by atoms with Crippen molar-refractivity contribution in [1.29, 1.82) is 0 Å². The number of anilines is 2. The van der Waals surface area contributed by atoms with Crippen LogP contribution >= 0.6 is 0 Å².